The average molecular weight is 347 g/mol. The van der Waals surface area contributed by atoms with E-state index < -0.39 is 0 Å². The molecule has 0 unspecified atom stereocenters. The van der Waals surface area contributed by atoms with Crippen molar-refractivity contribution in [2.45, 2.75) is 6.42 Å². The number of benzene rings is 1. The number of nitrogens with one attached hydrogen (secondary N) is 2. The number of nitrogens with two attached hydrogens (primary N) is 1. The lowest BCUT2D eigenvalue weighted by Crippen LogP contribution is -2.27. The number of nitrogens with zero attached hydrogens (tertiary/aromatic N) is 2. The van der Waals surface area contributed by atoms with Crippen molar-refractivity contribution in [1.29, 1.82) is 0 Å². The summed E-state index contributed by atoms with van der Waals surface area (Å²) < 4.78 is 0. The summed E-state index contributed by atoms with van der Waals surface area (Å²) in [7, 11) is 3.66. The van der Waals surface area contributed by atoms with Gasteiger partial charge in [0.25, 0.3) is 5.91 Å². The van der Waals surface area contributed by atoms with Crippen LogP contribution in [0.4, 0.5) is 11.4 Å². The predicted molar refractivity (Wildman–Crippen MR) is 96.5 cm³/mol. The van der Waals surface area contributed by atoms with E-state index in [9.17, 15) is 9.59 Å². The highest BCUT2D eigenvalue weighted by Crippen LogP contribution is 2.16. The van der Waals surface area contributed by atoms with Gasteiger partial charge in [-0.15, -0.1) is 11.3 Å². The van der Waals surface area contributed by atoms with Crippen LogP contribution in [0.15, 0.2) is 29.6 Å². The molecule has 0 spiro atoms. The normalized spacial score (nSPS) is 10.7. The summed E-state index contributed by atoms with van der Waals surface area (Å²) >= 11 is 1.42. The van der Waals surface area contributed by atoms with Crippen LogP contribution in [0.25, 0.3) is 0 Å². The number of aromatic nitrogens is 1. The van der Waals surface area contributed by atoms with Crippen LogP contribution in [-0.4, -0.2) is 48.9 Å². The Hall–Kier alpha value is -2.29. The predicted octanol–water partition coefficient (Wildman–Crippen LogP) is 1.40. The van der Waals surface area contributed by atoms with Crippen LogP contribution in [0.3, 0.4) is 0 Å². The van der Waals surface area contributed by atoms with E-state index >= 15 is 0 Å². The number of thiazole rings is 1. The van der Waals surface area contributed by atoms with Crippen molar-refractivity contribution in [3.8, 4) is 0 Å². The molecule has 0 bridgehead atoms. The number of rotatable bonds is 7. The monoisotopic (exact) mass is 347 g/mol. The number of amides is 2. The minimum absolute atomic E-state index is 0.0910. The first-order chi connectivity index (χ1) is 11.5. The van der Waals surface area contributed by atoms with Crippen LogP contribution in [0, 0.1) is 0 Å². The molecule has 0 radical (unpaired) electrons. The molecule has 0 aliphatic rings. The molecule has 1 heterocycles. The zero-order valence-electron chi connectivity index (χ0n) is 13.7. The Kier molecular flexibility index (Phi) is 6.42. The fourth-order valence-corrected chi connectivity index (χ4v) is 2.77. The third-order valence-electron chi connectivity index (χ3n) is 3.03. The van der Waals surface area contributed by atoms with Gasteiger partial charge in [0.05, 0.1) is 11.6 Å². The zero-order chi connectivity index (χ0) is 17.5. The lowest BCUT2D eigenvalue weighted by molar-refractivity contribution is -0.116. The van der Waals surface area contributed by atoms with Gasteiger partial charge in [0, 0.05) is 23.2 Å². The second-order valence-electron chi connectivity index (χ2n) is 5.48. The van der Waals surface area contributed by atoms with E-state index in [0.29, 0.717) is 36.6 Å². The van der Waals surface area contributed by atoms with E-state index in [1.54, 1.807) is 34.5 Å². The zero-order valence-corrected chi connectivity index (χ0v) is 14.5. The van der Waals surface area contributed by atoms with Crippen LogP contribution in [0.5, 0.6) is 0 Å². The fourth-order valence-electron chi connectivity index (χ4n) is 1.97. The Morgan fingerprint density at radius 1 is 1.17 bits per heavy atom. The Labute approximate surface area is 144 Å². The highest BCUT2D eigenvalue weighted by atomic mass is 32.1. The highest BCUT2D eigenvalue weighted by molar-refractivity contribution is 7.09. The van der Waals surface area contributed by atoms with E-state index in [0.717, 1.165) is 5.01 Å². The lowest BCUT2D eigenvalue weighted by Gasteiger charge is -2.10. The molecule has 0 aliphatic heterocycles. The van der Waals surface area contributed by atoms with Crippen LogP contribution >= 0.6 is 11.3 Å². The van der Waals surface area contributed by atoms with E-state index in [-0.39, 0.29) is 11.8 Å². The molecule has 2 amide bonds. The Balaban J connectivity index is 1.93. The number of anilines is 2. The highest BCUT2D eigenvalue weighted by Gasteiger charge is 2.11. The van der Waals surface area contributed by atoms with Gasteiger partial charge in [-0.2, -0.15) is 0 Å². The molecule has 0 aliphatic carbocycles. The van der Waals surface area contributed by atoms with Crippen LogP contribution in [-0.2, 0) is 11.2 Å². The van der Waals surface area contributed by atoms with Crippen LogP contribution in [0.1, 0.15) is 15.5 Å². The summed E-state index contributed by atoms with van der Waals surface area (Å²) in [6, 6.07) is 6.95. The number of hydrogen-bond acceptors (Lipinski definition) is 6. The summed E-state index contributed by atoms with van der Waals surface area (Å²) in [6.45, 7) is 0.822. The minimum Gasteiger partial charge on any atom is -0.330 e. The van der Waals surface area contributed by atoms with E-state index in [1.165, 1.54) is 11.3 Å². The average Bonchev–Trinajstić information content (AvgIpc) is 2.97. The molecular formula is C16H21N5O2S. The molecule has 24 heavy (non-hydrogen) atoms. The molecule has 4 N–H and O–H groups in total. The topological polar surface area (TPSA) is 100 Å². The van der Waals surface area contributed by atoms with Gasteiger partial charge in [-0.1, -0.05) is 0 Å². The molecule has 0 fully saturated rings. The van der Waals surface area contributed by atoms with Crippen molar-refractivity contribution in [1.82, 2.24) is 9.88 Å². The van der Waals surface area contributed by atoms with Crippen molar-refractivity contribution in [2.24, 2.45) is 5.73 Å². The van der Waals surface area contributed by atoms with Gasteiger partial charge in [0.15, 0.2) is 0 Å². The SMILES string of the molecule is CN(C)CC(=O)Nc1ccc(NC(=O)c2csc(CCN)n2)cc1. The maximum absolute atomic E-state index is 12.1. The van der Waals surface area contributed by atoms with Crippen molar-refractivity contribution in [3.63, 3.8) is 0 Å². The molecule has 0 saturated carbocycles. The second kappa shape index (κ2) is 8.53. The Morgan fingerprint density at radius 3 is 2.38 bits per heavy atom. The van der Waals surface area contributed by atoms with Crippen molar-refractivity contribution in [3.05, 3.63) is 40.3 Å². The van der Waals surface area contributed by atoms with E-state index in [4.69, 9.17) is 5.73 Å². The maximum atomic E-state index is 12.1. The minimum atomic E-state index is -0.265. The van der Waals surface area contributed by atoms with Crippen LogP contribution in [0.2, 0.25) is 0 Å². The third kappa shape index (κ3) is 5.41. The Bertz CT molecular complexity index is 697. The van der Waals surface area contributed by atoms with E-state index in [2.05, 4.69) is 15.6 Å². The molecule has 7 nitrogen and oxygen atoms in total. The quantitative estimate of drug-likeness (QED) is 0.703. The van der Waals surface area contributed by atoms with Gasteiger partial charge in [0.1, 0.15) is 5.69 Å². The largest absolute Gasteiger partial charge is 0.330 e. The van der Waals surface area contributed by atoms with Gasteiger partial charge >= 0.3 is 0 Å². The number of hydrogen-bond donors (Lipinski definition) is 3. The van der Waals surface area contributed by atoms with E-state index in [1.807, 2.05) is 14.1 Å². The third-order valence-corrected chi connectivity index (χ3v) is 3.94. The molecule has 1 aromatic carbocycles. The molecular weight excluding hydrogens is 326 g/mol. The van der Waals surface area contributed by atoms with Gasteiger partial charge in [-0.3, -0.25) is 9.59 Å². The molecule has 0 atom stereocenters. The van der Waals surface area contributed by atoms with Crippen LogP contribution < -0.4 is 16.4 Å². The summed E-state index contributed by atoms with van der Waals surface area (Å²) in [5, 5.41) is 8.13. The molecule has 0 saturated heterocycles. The van der Waals surface area contributed by atoms with Crippen molar-refractivity contribution >= 4 is 34.5 Å². The number of carbonyl (C=O) groups is 2. The maximum Gasteiger partial charge on any atom is 0.275 e. The smallest absolute Gasteiger partial charge is 0.275 e. The first-order valence-electron chi connectivity index (χ1n) is 7.48. The second-order valence-corrected chi connectivity index (χ2v) is 6.43. The number of carbonyl (C=O) groups excluding carboxylic acids is 2. The van der Waals surface area contributed by atoms with Crippen molar-refractivity contribution < 1.29 is 9.59 Å². The first-order valence-corrected chi connectivity index (χ1v) is 8.36. The van der Waals surface area contributed by atoms with Crippen molar-refractivity contribution in [2.75, 3.05) is 37.8 Å². The molecule has 8 heteroatoms. The van der Waals surface area contributed by atoms with Gasteiger partial charge < -0.3 is 21.3 Å². The standard InChI is InChI=1S/C16H21N5O2S/c1-21(2)9-14(22)18-11-3-5-12(6-4-11)19-16(23)13-10-24-15(20-13)7-8-17/h3-6,10H,7-9,17H2,1-2H3,(H,18,22)(H,19,23). The molecule has 1 aromatic heterocycles. The summed E-state index contributed by atoms with van der Waals surface area (Å²) in [5.41, 5.74) is 7.18. The molecule has 128 valence electrons. The molecule has 2 aromatic rings. The fraction of sp³-hybridized carbons (Fsp3) is 0.312. The van der Waals surface area contributed by atoms with Gasteiger partial charge in [-0.25, -0.2) is 4.98 Å². The summed E-state index contributed by atoms with van der Waals surface area (Å²) in [6.07, 6.45) is 0.666. The lowest BCUT2D eigenvalue weighted by atomic mass is 10.2. The first kappa shape index (κ1) is 18.1. The van der Waals surface area contributed by atoms with Gasteiger partial charge in [0.2, 0.25) is 5.91 Å². The molecule has 2 rings (SSSR count). The summed E-state index contributed by atoms with van der Waals surface area (Å²) in [5.74, 6) is -0.356. The Morgan fingerprint density at radius 2 is 1.79 bits per heavy atom. The number of likely N-dealkylation sites (N-methyl/N-ethyl adjacent to an activating group) is 1. The van der Waals surface area contributed by atoms with Gasteiger partial charge in [-0.05, 0) is 44.9 Å². The summed E-state index contributed by atoms with van der Waals surface area (Å²) in [4.78, 5) is 29.9.